The molecule has 0 saturated heterocycles. The summed E-state index contributed by atoms with van der Waals surface area (Å²) in [6.07, 6.45) is 1.60. The van der Waals surface area contributed by atoms with Crippen LogP contribution in [-0.4, -0.2) is 17.6 Å². The average molecular weight is 236 g/mol. The van der Waals surface area contributed by atoms with E-state index in [9.17, 15) is 8.78 Å². The minimum Gasteiger partial charge on any atom is -0.358 e. The van der Waals surface area contributed by atoms with Crippen LogP contribution in [0.4, 0.5) is 8.78 Å². The molecule has 0 radical (unpaired) electrons. The highest BCUT2D eigenvalue weighted by atomic mass is 19.1. The Hall–Kier alpha value is -1.42. The van der Waals surface area contributed by atoms with E-state index in [0.717, 1.165) is 36.7 Å². The normalized spacial score (nSPS) is 20.3. The first kappa shape index (κ1) is 10.7. The lowest BCUT2D eigenvalue weighted by molar-refractivity contribution is 0.564. The van der Waals surface area contributed by atoms with Gasteiger partial charge in [-0.1, -0.05) is 0 Å². The van der Waals surface area contributed by atoms with Gasteiger partial charge in [0.05, 0.1) is 5.52 Å². The fraction of sp³-hybridized carbons (Fsp3) is 0.385. The lowest BCUT2D eigenvalue weighted by atomic mass is 10.1. The maximum absolute atomic E-state index is 13.8. The molecule has 3 rings (SSSR count). The molecule has 0 saturated carbocycles. The van der Waals surface area contributed by atoms with Crippen LogP contribution in [0.25, 0.3) is 10.9 Å². The van der Waals surface area contributed by atoms with E-state index in [1.807, 2.05) is 0 Å². The second-order valence-corrected chi connectivity index (χ2v) is 4.70. The van der Waals surface area contributed by atoms with Crippen LogP contribution in [0.5, 0.6) is 0 Å². The van der Waals surface area contributed by atoms with Gasteiger partial charge in [0.25, 0.3) is 0 Å². The van der Waals surface area contributed by atoms with Crippen LogP contribution in [0.2, 0.25) is 0 Å². The highest BCUT2D eigenvalue weighted by molar-refractivity contribution is 5.85. The van der Waals surface area contributed by atoms with Gasteiger partial charge in [0.1, 0.15) is 11.6 Å². The third-order valence-corrected chi connectivity index (χ3v) is 3.38. The Labute approximate surface area is 98.0 Å². The molecule has 1 aliphatic rings. The minimum atomic E-state index is -0.530. The number of hydrogen-bond acceptors (Lipinski definition) is 1. The fourth-order valence-electron chi connectivity index (χ4n) is 2.64. The largest absolute Gasteiger partial charge is 0.358 e. The summed E-state index contributed by atoms with van der Waals surface area (Å²) in [5.41, 5.74) is 2.60. The first-order chi connectivity index (χ1) is 8.15. The van der Waals surface area contributed by atoms with Crippen LogP contribution >= 0.6 is 0 Å². The highest BCUT2D eigenvalue weighted by Gasteiger charge is 2.20. The summed E-state index contributed by atoms with van der Waals surface area (Å²) in [7, 11) is 0. The Kier molecular flexibility index (Phi) is 2.40. The number of rotatable bonds is 0. The molecule has 2 nitrogen and oxygen atoms in total. The maximum atomic E-state index is 13.8. The van der Waals surface area contributed by atoms with E-state index < -0.39 is 11.6 Å². The van der Waals surface area contributed by atoms with E-state index in [-0.39, 0.29) is 0 Å². The molecule has 1 unspecified atom stereocenters. The van der Waals surface area contributed by atoms with Crippen molar-refractivity contribution in [1.82, 2.24) is 10.3 Å². The molecule has 4 heteroatoms. The summed E-state index contributed by atoms with van der Waals surface area (Å²) in [6, 6.07) is 2.68. The van der Waals surface area contributed by atoms with Crippen molar-refractivity contribution in [2.24, 2.45) is 0 Å². The van der Waals surface area contributed by atoms with E-state index in [2.05, 4.69) is 17.2 Å². The van der Waals surface area contributed by atoms with E-state index in [4.69, 9.17) is 0 Å². The van der Waals surface area contributed by atoms with Crippen LogP contribution in [0.15, 0.2) is 12.1 Å². The van der Waals surface area contributed by atoms with Crippen LogP contribution < -0.4 is 5.32 Å². The van der Waals surface area contributed by atoms with Crippen LogP contribution in [0, 0.1) is 11.6 Å². The van der Waals surface area contributed by atoms with Gasteiger partial charge in [0.2, 0.25) is 0 Å². The van der Waals surface area contributed by atoms with Gasteiger partial charge in [-0.25, -0.2) is 8.78 Å². The van der Waals surface area contributed by atoms with Crippen molar-refractivity contribution >= 4 is 10.9 Å². The minimum absolute atomic E-state index is 0.359. The van der Waals surface area contributed by atoms with Crippen LogP contribution in [-0.2, 0) is 12.8 Å². The van der Waals surface area contributed by atoms with Gasteiger partial charge < -0.3 is 10.3 Å². The molecule has 1 aromatic heterocycles. The van der Waals surface area contributed by atoms with E-state index in [0.29, 0.717) is 16.9 Å². The van der Waals surface area contributed by atoms with Crippen molar-refractivity contribution in [2.45, 2.75) is 25.8 Å². The van der Waals surface area contributed by atoms with E-state index in [1.54, 1.807) is 0 Å². The molecule has 1 atom stereocenters. The summed E-state index contributed by atoms with van der Waals surface area (Å²) < 4.78 is 27.0. The first-order valence-electron chi connectivity index (χ1n) is 5.87. The lowest BCUT2D eigenvalue weighted by Crippen LogP contribution is -2.27. The monoisotopic (exact) mass is 236 g/mol. The van der Waals surface area contributed by atoms with Crippen LogP contribution in [0.3, 0.4) is 0 Å². The maximum Gasteiger partial charge on any atom is 0.135 e. The molecule has 2 aromatic rings. The number of aromatic amines is 1. The van der Waals surface area contributed by atoms with Crippen molar-refractivity contribution in [1.29, 1.82) is 0 Å². The molecular weight excluding hydrogens is 222 g/mol. The van der Waals surface area contributed by atoms with Gasteiger partial charge in [-0.05, 0) is 31.5 Å². The summed E-state index contributed by atoms with van der Waals surface area (Å²) in [5, 5.41) is 3.91. The number of nitrogens with one attached hydrogen (secondary N) is 2. The third kappa shape index (κ3) is 1.72. The molecule has 0 aliphatic carbocycles. The van der Waals surface area contributed by atoms with Crippen molar-refractivity contribution in [3.8, 4) is 0 Å². The lowest BCUT2D eigenvalue weighted by Gasteiger charge is -2.07. The number of fused-ring (bicyclic) bond motifs is 3. The van der Waals surface area contributed by atoms with E-state index in [1.165, 1.54) is 6.07 Å². The zero-order chi connectivity index (χ0) is 12.0. The van der Waals surface area contributed by atoms with Crippen molar-refractivity contribution < 1.29 is 8.78 Å². The van der Waals surface area contributed by atoms with E-state index >= 15 is 0 Å². The summed E-state index contributed by atoms with van der Waals surface area (Å²) in [5.74, 6) is -0.996. The molecular formula is C13H14F2N2. The topological polar surface area (TPSA) is 27.8 Å². The summed E-state index contributed by atoms with van der Waals surface area (Å²) >= 11 is 0. The molecule has 2 heterocycles. The Morgan fingerprint density at radius 3 is 2.94 bits per heavy atom. The first-order valence-corrected chi connectivity index (χ1v) is 5.87. The number of H-pyrrole nitrogens is 1. The van der Waals surface area contributed by atoms with Gasteiger partial charge in [0, 0.05) is 29.6 Å². The predicted octanol–water partition coefficient (Wildman–Crippen LogP) is 2.52. The zero-order valence-electron chi connectivity index (χ0n) is 9.61. The molecule has 0 amide bonds. The summed E-state index contributed by atoms with van der Waals surface area (Å²) in [4.78, 5) is 3.15. The molecule has 2 N–H and O–H groups in total. The average Bonchev–Trinajstić information content (AvgIpc) is 2.46. The van der Waals surface area contributed by atoms with Crippen molar-refractivity contribution in [3.63, 3.8) is 0 Å². The quantitative estimate of drug-likeness (QED) is 0.722. The number of hydrogen-bond donors (Lipinski definition) is 2. The Balaban J connectivity index is 2.25. The zero-order valence-corrected chi connectivity index (χ0v) is 9.61. The molecule has 0 bridgehead atoms. The van der Waals surface area contributed by atoms with Gasteiger partial charge >= 0.3 is 0 Å². The number of halogens is 2. The van der Waals surface area contributed by atoms with Gasteiger partial charge in [0.15, 0.2) is 0 Å². The Morgan fingerprint density at radius 1 is 1.29 bits per heavy atom. The molecule has 1 aromatic carbocycles. The Morgan fingerprint density at radius 2 is 2.12 bits per heavy atom. The molecule has 90 valence electrons. The van der Waals surface area contributed by atoms with Crippen molar-refractivity contribution in [2.75, 3.05) is 6.54 Å². The predicted molar refractivity (Wildman–Crippen MR) is 63.1 cm³/mol. The molecule has 1 aliphatic heterocycles. The smallest absolute Gasteiger partial charge is 0.135 e. The standard InChI is InChI=1S/C13H14F2N2/c1-7-4-11-9(2-3-16-7)13-10(15)5-8(14)6-12(13)17-11/h5-7,16-17H,2-4H2,1H3. The SMILES string of the molecule is CC1Cc2[nH]c3cc(F)cc(F)c3c2CCN1. The number of benzene rings is 1. The van der Waals surface area contributed by atoms with Gasteiger partial charge in [-0.15, -0.1) is 0 Å². The van der Waals surface area contributed by atoms with Gasteiger partial charge in [-0.3, -0.25) is 0 Å². The highest BCUT2D eigenvalue weighted by Crippen LogP contribution is 2.28. The second kappa shape index (κ2) is 3.81. The Bertz CT molecular complexity index is 574. The van der Waals surface area contributed by atoms with Gasteiger partial charge in [-0.2, -0.15) is 0 Å². The molecule has 0 spiro atoms. The third-order valence-electron chi connectivity index (χ3n) is 3.38. The number of aromatic nitrogens is 1. The fourth-order valence-corrected chi connectivity index (χ4v) is 2.64. The van der Waals surface area contributed by atoms with Crippen LogP contribution in [0.1, 0.15) is 18.2 Å². The molecule has 17 heavy (non-hydrogen) atoms. The second-order valence-electron chi connectivity index (χ2n) is 4.70. The summed E-state index contributed by atoms with van der Waals surface area (Å²) in [6.45, 7) is 2.93. The van der Waals surface area contributed by atoms with Crippen molar-refractivity contribution in [3.05, 3.63) is 35.0 Å². The molecule has 0 fully saturated rings.